The van der Waals surface area contributed by atoms with Crippen LogP contribution in [-0.4, -0.2) is 27.2 Å². The third-order valence-electron chi connectivity index (χ3n) is 4.37. The predicted molar refractivity (Wildman–Crippen MR) is 105 cm³/mol. The molecule has 0 aliphatic carbocycles. The van der Waals surface area contributed by atoms with Crippen LogP contribution >= 0.6 is 24.0 Å². The number of nitrogens with zero attached hydrogens (tertiary/aromatic N) is 1. The first-order chi connectivity index (χ1) is 11.6. The maximum absolute atomic E-state index is 13.4. The molecule has 0 aromatic heterocycles. The second kappa shape index (κ2) is 7.53. The summed E-state index contributed by atoms with van der Waals surface area (Å²) in [4.78, 5) is 2.23. The summed E-state index contributed by atoms with van der Waals surface area (Å²) >= 11 is 7.61. The molecule has 1 fully saturated rings. The molecule has 1 aliphatic heterocycles. The van der Waals surface area contributed by atoms with Gasteiger partial charge in [-0.15, -0.1) is 11.8 Å². The Morgan fingerprint density at radius 1 is 1.25 bits per heavy atom. The van der Waals surface area contributed by atoms with Gasteiger partial charge in [0, 0.05) is 24.4 Å². The van der Waals surface area contributed by atoms with E-state index in [1.165, 1.54) is 17.7 Å². The molecule has 24 heavy (non-hydrogen) atoms. The Hall–Kier alpha value is -1.59. The highest BCUT2D eigenvalue weighted by atomic mass is 32.2. The number of hydrogen-bond donors (Lipinski definition) is 1. The van der Waals surface area contributed by atoms with E-state index in [0.717, 1.165) is 25.1 Å². The highest BCUT2D eigenvalue weighted by Crippen LogP contribution is 2.41. The van der Waals surface area contributed by atoms with Crippen molar-refractivity contribution in [3.05, 3.63) is 66.0 Å². The molecule has 1 saturated heterocycles. The van der Waals surface area contributed by atoms with Gasteiger partial charge in [0.25, 0.3) is 0 Å². The van der Waals surface area contributed by atoms with Crippen molar-refractivity contribution in [3.63, 3.8) is 0 Å². The molecule has 0 amide bonds. The molecule has 2 aromatic carbocycles. The van der Waals surface area contributed by atoms with Crippen molar-refractivity contribution >= 4 is 34.8 Å². The van der Waals surface area contributed by atoms with Gasteiger partial charge in [0.15, 0.2) is 5.11 Å². The Kier molecular flexibility index (Phi) is 5.41. The lowest BCUT2D eigenvalue weighted by molar-refractivity contribution is 0.300. The largest absolute Gasteiger partial charge is 0.333 e. The number of thioether (sulfide) groups is 1. The van der Waals surface area contributed by atoms with Crippen molar-refractivity contribution < 1.29 is 4.39 Å². The Balaban J connectivity index is 1.78. The van der Waals surface area contributed by atoms with E-state index >= 15 is 0 Å². The average molecular weight is 361 g/mol. The molecule has 1 N–H and O–H groups in total. The number of nitrogens with one attached hydrogen (secondary N) is 1. The number of anilines is 1. The molecule has 0 radical (unpaired) electrons. The summed E-state index contributed by atoms with van der Waals surface area (Å²) in [5.74, 6) is 0.788. The van der Waals surface area contributed by atoms with Gasteiger partial charge >= 0.3 is 0 Å². The summed E-state index contributed by atoms with van der Waals surface area (Å²) in [7, 11) is 0. The van der Waals surface area contributed by atoms with Gasteiger partial charge in [-0.1, -0.05) is 43.3 Å². The number of halogens is 1. The highest BCUT2D eigenvalue weighted by molar-refractivity contribution is 8.01. The fraction of sp³-hybridized carbons (Fsp3) is 0.316. The molecule has 1 atom stereocenters. The molecule has 2 aromatic rings. The van der Waals surface area contributed by atoms with Crippen molar-refractivity contribution in [2.45, 2.75) is 24.6 Å². The van der Waals surface area contributed by atoms with E-state index in [-0.39, 0.29) is 10.7 Å². The van der Waals surface area contributed by atoms with Crippen LogP contribution in [0.3, 0.4) is 0 Å². The highest BCUT2D eigenvalue weighted by Gasteiger charge is 2.41. The number of rotatable bonds is 4. The third-order valence-corrected chi connectivity index (χ3v) is 6.27. The van der Waals surface area contributed by atoms with Crippen LogP contribution in [0.2, 0.25) is 0 Å². The maximum Gasteiger partial charge on any atom is 0.174 e. The van der Waals surface area contributed by atoms with E-state index in [4.69, 9.17) is 12.2 Å². The van der Waals surface area contributed by atoms with Crippen LogP contribution in [0, 0.1) is 5.82 Å². The van der Waals surface area contributed by atoms with E-state index in [1.807, 2.05) is 23.9 Å². The van der Waals surface area contributed by atoms with Gasteiger partial charge in [-0.3, -0.25) is 0 Å². The monoisotopic (exact) mass is 360 g/mol. The second-order valence-electron chi connectivity index (χ2n) is 5.90. The fourth-order valence-electron chi connectivity index (χ4n) is 3.13. The van der Waals surface area contributed by atoms with Crippen LogP contribution in [0.5, 0.6) is 0 Å². The van der Waals surface area contributed by atoms with Gasteiger partial charge < -0.3 is 10.2 Å². The van der Waals surface area contributed by atoms with Crippen LogP contribution in [-0.2, 0) is 6.42 Å². The van der Waals surface area contributed by atoms with Crippen molar-refractivity contribution in [1.29, 1.82) is 0 Å². The summed E-state index contributed by atoms with van der Waals surface area (Å²) in [6.45, 7) is 3.12. The van der Waals surface area contributed by atoms with Crippen molar-refractivity contribution in [2.75, 3.05) is 17.6 Å². The molecule has 126 valence electrons. The lowest BCUT2D eigenvalue weighted by Gasteiger charge is -2.39. The van der Waals surface area contributed by atoms with Crippen LogP contribution in [0.4, 0.5) is 10.1 Å². The number of benzene rings is 2. The predicted octanol–water partition coefficient (Wildman–Crippen LogP) is 4.92. The molecule has 0 bridgehead atoms. The molecule has 0 saturated carbocycles. The van der Waals surface area contributed by atoms with Crippen LogP contribution in [0.1, 0.15) is 18.9 Å². The molecule has 1 aliphatic rings. The maximum atomic E-state index is 13.4. The van der Waals surface area contributed by atoms with Gasteiger partial charge in [0.05, 0.1) is 4.87 Å². The Morgan fingerprint density at radius 3 is 2.75 bits per heavy atom. The molecule has 5 heteroatoms. The van der Waals surface area contributed by atoms with E-state index in [9.17, 15) is 4.39 Å². The Labute approximate surface area is 152 Å². The van der Waals surface area contributed by atoms with Crippen LogP contribution in [0.25, 0.3) is 0 Å². The summed E-state index contributed by atoms with van der Waals surface area (Å²) in [6.07, 6.45) is 1.94. The van der Waals surface area contributed by atoms with Crippen molar-refractivity contribution in [2.24, 2.45) is 0 Å². The van der Waals surface area contributed by atoms with Gasteiger partial charge in [-0.2, -0.15) is 0 Å². The first kappa shape index (κ1) is 17.2. The summed E-state index contributed by atoms with van der Waals surface area (Å²) in [5, 5.41) is 3.87. The van der Waals surface area contributed by atoms with Gasteiger partial charge in [-0.25, -0.2) is 4.39 Å². The smallest absolute Gasteiger partial charge is 0.174 e. The zero-order valence-electron chi connectivity index (χ0n) is 13.7. The van der Waals surface area contributed by atoms with Gasteiger partial charge in [0.2, 0.25) is 0 Å². The topological polar surface area (TPSA) is 15.3 Å². The lowest BCUT2D eigenvalue weighted by atomic mass is 10.0. The molecular weight excluding hydrogens is 339 g/mol. The normalized spacial score (nSPS) is 20.2. The van der Waals surface area contributed by atoms with Crippen LogP contribution in [0.15, 0.2) is 54.6 Å². The van der Waals surface area contributed by atoms with Gasteiger partial charge in [-0.05, 0) is 42.4 Å². The molecule has 1 unspecified atom stereocenters. The molecular formula is C19H21FN2S2. The van der Waals surface area contributed by atoms with E-state index in [1.54, 1.807) is 6.07 Å². The first-order valence-corrected chi connectivity index (χ1v) is 9.54. The quantitative estimate of drug-likeness (QED) is 0.778. The molecule has 3 rings (SSSR count). The third kappa shape index (κ3) is 3.73. The van der Waals surface area contributed by atoms with Crippen LogP contribution < -0.4 is 5.32 Å². The number of thiocarbonyl (C=S) groups is 1. The summed E-state index contributed by atoms with van der Waals surface area (Å²) in [5.41, 5.74) is 2.01. The van der Waals surface area contributed by atoms with E-state index in [2.05, 4.69) is 41.4 Å². The Morgan fingerprint density at radius 2 is 2.04 bits per heavy atom. The minimum absolute atomic E-state index is 0.0429. The molecule has 0 spiro atoms. The SMILES string of the molecule is CCC1(Cc2ccccc2)SCCN1C(=S)Nc1cccc(F)c1. The molecule has 1 heterocycles. The summed E-state index contributed by atoms with van der Waals surface area (Å²) < 4.78 is 13.4. The standard InChI is InChI=1S/C19H21FN2S2/c1-2-19(14-15-7-4-3-5-8-15)22(11-12-24-19)18(23)21-17-10-6-9-16(20)13-17/h3-10,13H,2,11-12,14H2,1H3,(H,21,23). The van der Waals surface area contributed by atoms with E-state index < -0.39 is 0 Å². The van der Waals surface area contributed by atoms with Gasteiger partial charge in [0.1, 0.15) is 5.82 Å². The minimum atomic E-state index is -0.260. The van der Waals surface area contributed by atoms with Crippen molar-refractivity contribution in [3.8, 4) is 0 Å². The minimum Gasteiger partial charge on any atom is -0.333 e. The molecule has 2 nitrogen and oxygen atoms in total. The van der Waals surface area contributed by atoms with Crippen molar-refractivity contribution in [1.82, 2.24) is 4.90 Å². The second-order valence-corrected chi connectivity index (χ2v) is 7.75. The zero-order chi connectivity index (χ0) is 17.0. The lowest BCUT2D eigenvalue weighted by Crippen LogP contribution is -2.48. The zero-order valence-corrected chi connectivity index (χ0v) is 15.3. The number of hydrogen-bond acceptors (Lipinski definition) is 2. The Bertz CT molecular complexity index is 708. The first-order valence-electron chi connectivity index (χ1n) is 8.15. The van der Waals surface area contributed by atoms with E-state index in [0.29, 0.717) is 10.8 Å². The average Bonchev–Trinajstić information content (AvgIpc) is 3.00. The fourth-order valence-corrected chi connectivity index (χ4v) is 5.04. The summed E-state index contributed by atoms with van der Waals surface area (Å²) in [6, 6.07) is 17.0.